The second kappa shape index (κ2) is 19.4. The number of likely N-dealkylation sites (tertiary alicyclic amines) is 1. The summed E-state index contributed by atoms with van der Waals surface area (Å²) >= 11 is 0. The Hall–Kier alpha value is -6.21. The van der Waals surface area contributed by atoms with Crippen LogP contribution in [0, 0.1) is 11.2 Å². The highest BCUT2D eigenvalue weighted by Gasteiger charge is 2.28. The van der Waals surface area contributed by atoms with E-state index in [0.29, 0.717) is 25.2 Å². The number of fused-ring (bicyclic) bond motifs is 1. The Bertz CT molecular complexity index is 2090. The summed E-state index contributed by atoms with van der Waals surface area (Å²) < 4.78 is 21.2. The lowest BCUT2D eigenvalue weighted by Crippen LogP contribution is -2.53. The van der Waals surface area contributed by atoms with Crippen LogP contribution in [0.5, 0.6) is 0 Å². The van der Waals surface area contributed by atoms with E-state index in [1.165, 1.54) is 12.1 Å². The van der Waals surface area contributed by atoms with Gasteiger partial charge in [0.2, 0.25) is 11.8 Å². The molecule has 0 saturated carbocycles. The molecular formula is C43H49FN8O4. The summed E-state index contributed by atoms with van der Waals surface area (Å²) in [5, 5.41) is 19.8. The Kier molecular flexibility index (Phi) is 13.7. The van der Waals surface area contributed by atoms with Crippen molar-refractivity contribution >= 4 is 40.5 Å². The van der Waals surface area contributed by atoms with Crippen molar-refractivity contribution < 1.29 is 23.5 Å². The van der Waals surface area contributed by atoms with Gasteiger partial charge in [-0.3, -0.25) is 19.9 Å². The summed E-state index contributed by atoms with van der Waals surface area (Å²) in [6.45, 7) is 3.70. The van der Waals surface area contributed by atoms with Crippen molar-refractivity contribution in [2.75, 3.05) is 25.0 Å². The molecule has 6 rings (SSSR count). The third kappa shape index (κ3) is 11.4. The van der Waals surface area contributed by atoms with E-state index in [1.54, 1.807) is 12.1 Å². The monoisotopic (exact) mass is 760 g/mol. The highest BCUT2D eigenvalue weighted by Crippen LogP contribution is 2.28. The van der Waals surface area contributed by atoms with E-state index >= 15 is 0 Å². The molecule has 13 heteroatoms. The van der Waals surface area contributed by atoms with E-state index < -0.39 is 30.0 Å². The number of anilines is 1. The van der Waals surface area contributed by atoms with Crippen LogP contribution in [0.1, 0.15) is 47.9 Å². The molecule has 2 heterocycles. The molecule has 1 aromatic heterocycles. The van der Waals surface area contributed by atoms with Gasteiger partial charge < -0.3 is 36.3 Å². The van der Waals surface area contributed by atoms with Gasteiger partial charge in [0.15, 0.2) is 5.96 Å². The number of nitrogens with two attached hydrogens (primary N) is 1. The minimum absolute atomic E-state index is 0.0195. The van der Waals surface area contributed by atoms with Gasteiger partial charge in [-0.15, -0.1) is 0 Å². The number of benzene rings is 4. The van der Waals surface area contributed by atoms with Gasteiger partial charge in [-0.05, 0) is 91.4 Å². The number of nitrogens with zero attached hydrogens (tertiary/aromatic N) is 2. The molecular weight excluding hydrogens is 712 g/mol. The highest BCUT2D eigenvalue weighted by molar-refractivity contribution is 6.00. The van der Waals surface area contributed by atoms with Crippen LogP contribution in [0.3, 0.4) is 0 Å². The number of rotatable bonds is 17. The number of ether oxygens (including phenoxy) is 1. The Balaban J connectivity index is 1.21. The van der Waals surface area contributed by atoms with E-state index in [1.807, 2.05) is 78.9 Å². The number of hydrogen-bond acceptors (Lipinski definition) is 6. The lowest BCUT2D eigenvalue weighted by atomic mass is 10.0. The normalized spacial score (nSPS) is 13.8. The van der Waals surface area contributed by atoms with Gasteiger partial charge in [0, 0.05) is 48.8 Å². The maximum Gasteiger partial charge on any atom is 0.408 e. The van der Waals surface area contributed by atoms with Crippen LogP contribution in [-0.4, -0.2) is 65.1 Å². The van der Waals surface area contributed by atoms with Crippen molar-refractivity contribution in [2.45, 2.75) is 63.9 Å². The maximum atomic E-state index is 14.1. The summed E-state index contributed by atoms with van der Waals surface area (Å²) in [7, 11) is 0. The van der Waals surface area contributed by atoms with Crippen LogP contribution in [0.2, 0.25) is 0 Å². The van der Waals surface area contributed by atoms with E-state index in [0.717, 1.165) is 65.6 Å². The number of nitrogens with one attached hydrogen (secondary N) is 5. The van der Waals surface area contributed by atoms with Crippen molar-refractivity contribution in [3.63, 3.8) is 0 Å². The first-order valence-corrected chi connectivity index (χ1v) is 19.0. The Morgan fingerprint density at radius 2 is 1.50 bits per heavy atom. The summed E-state index contributed by atoms with van der Waals surface area (Å²) in [6.07, 6.45) is 4.47. The molecule has 1 aliphatic rings. The van der Waals surface area contributed by atoms with Crippen LogP contribution in [0.15, 0.2) is 109 Å². The number of carbonyl (C=O) groups excluding carboxylic acids is 3. The number of alkyl carbamates (subject to hydrolysis) is 1. The average Bonchev–Trinajstić information content (AvgIpc) is 3.84. The first-order valence-electron chi connectivity index (χ1n) is 19.0. The number of carbonyl (C=O) groups is 3. The van der Waals surface area contributed by atoms with Crippen LogP contribution >= 0.6 is 0 Å². The van der Waals surface area contributed by atoms with Gasteiger partial charge in [-0.25, -0.2) is 9.18 Å². The molecule has 56 heavy (non-hydrogen) atoms. The van der Waals surface area contributed by atoms with Gasteiger partial charge in [-0.1, -0.05) is 72.8 Å². The molecule has 12 nitrogen and oxygen atoms in total. The molecule has 5 aromatic rings. The zero-order valence-electron chi connectivity index (χ0n) is 31.3. The van der Waals surface area contributed by atoms with Crippen LogP contribution in [0.4, 0.5) is 14.9 Å². The first kappa shape index (κ1) is 39.5. The molecule has 0 bridgehead atoms. The van der Waals surface area contributed by atoms with Crippen molar-refractivity contribution in [1.29, 1.82) is 5.41 Å². The second-order valence-electron chi connectivity index (χ2n) is 14.1. The minimum Gasteiger partial charge on any atom is -0.445 e. The lowest BCUT2D eigenvalue weighted by molar-refractivity contribution is -0.128. The molecule has 0 radical (unpaired) electrons. The maximum absolute atomic E-state index is 14.1. The fraction of sp³-hybridized carbons (Fsp3) is 0.302. The van der Waals surface area contributed by atoms with Crippen LogP contribution < -0.4 is 27.0 Å². The Morgan fingerprint density at radius 1 is 0.804 bits per heavy atom. The van der Waals surface area contributed by atoms with Crippen molar-refractivity contribution in [1.82, 2.24) is 25.4 Å². The summed E-state index contributed by atoms with van der Waals surface area (Å²) in [6, 6.07) is 28.8. The highest BCUT2D eigenvalue weighted by atomic mass is 19.1. The predicted molar refractivity (Wildman–Crippen MR) is 215 cm³/mol. The minimum atomic E-state index is -1.04. The Morgan fingerprint density at radius 3 is 2.20 bits per heavy atom. The topological polar surface area (TPSA) is 167 Å². The van der Waals surface area contributed by atoms with Gasteiger partial charge in [0.25, 0.3) is 0 Å². The fourth-order valence-electron chi connectivity index (χ4n) is 6.94. The molecule has 0 spiro atoms. The summed E-state index contributed by atoms with van der Waals surface area (Å²) in [5.41, 5.74) is 10.7. The van der Waals surface area contributed by atoms with E-state index in [9.17, 15) is 18.8 Å². The number of halogens is 1. The van der Waals surface area contributed by atoms with Crippen molar-refractivity contribution in [3.8, 4) is 0 Å². The third-order valence-corrected chi connectivity index (χ3v) is 9.81. The smallest absolute Gasteiger partial charge is 0.408 e. The molecule has 1 aliphatic heterocycles. The molecule has 2 unspecified atom stereocenters. The summed E-state index contributed by atoms with van der Waals surface area (Å²) in [4.78, 5) is 43.4. The molecule has 4 aromatic carbocycles. The quantitative estimate of drug-likeness (QED) is 0.0405. The zero-order chi connectivity index (χ0) is 39.3. The first-order chi connectivity index (χ1) is 27.2. The van der Waals surface area contributed by atoms with Gasteiger partial charge in [-0.2, -0.15) is 0 Å². The van der Waals surface area contributed by atoms with Crippen molar-refractivity contribution in [2.24, 2.45) is 5.73 Å². The number of guanidine groups is 1. The second-order valence-corrected chi connectivity index (χ2v) is 14.1. The molecule has 1 saturated heterocycles. The molecule has 1 fully saturated rings. The molecule has 7 N–H and O–H groups in total. The van der Waals surface area contributed by atoms with Gasteiger partial charge in [0.05, 0.1) is 0 Å². The van der Waals surface area contributed by atoms with Crippen molar-refractivity contribution in [3.05, 3.63) is 137 Å². The van der Waals surface area contributed by atoms with Crippen LogP contribution in [0.25, 0.3) is 10.9 Å². The third-order valence-electron chi connectivity index (χ3n) is 9.81. The molecule has 292 valence electrons. The summed E-state index contributed by atoms with van der Waals surface area (Å²) in [5.74, 6) is -1.46. The fourth-order valence-corrected chi connectivity index (χ4v) is 6.94. The number of amides is 3. The zero-order valence-corrected chi connectivity index (χ0v) is 31.3. The van der Waals surface area contributed by atoms with E-state index in [4.69, 9.17) is 15.9 Å². The van der Waals surface area contributed by atoms with E-state index in [-0.39, 0.29) is 31.2 Å². The number of hydrogen-bond donors (Lipinski definition) is 6. The van der Waals surface area contributed by atoms with Gasteiger partial charge in [0.1, 0.15) is 24.5 Å². The SMILES string of the molecule is N=C(N)NCCCC(NC(=O)OCc1ccccc1)C(=O)NC(Cc1ccccc1)C(=O)Nc1ccc2c(c1)c(CN1CCCC1)cn2Cc1ccc(F)cc1. The van der Waals surface area contributed by atoms with E-state index in [2.05, 4.69) is 36.9 Å². The molecule has 2 atom stereocenters. The largest absolute Gasteiger partial charge is 0.445 e. The average molecular weight is 761 g/mol. The Labute approximate surface area is 326 Å². The van der Waals surface area contributed by atoms with Crippen LogP contribution in [-0.2, 0) is 40.4 Å². The number of aromatic nitrogens is 1. The molecule has 0 aliphatic carbocycles. The standard InChI is InChI=1S/C43H49FN8O4/c44-34-17-15-31(16-18-34)26-52-28-33(27-51-22-7-8-23-51)36-25-35(19-20-39(36)52)48-41(54)38(24-30-10-3-1-4-11-30)49-40(53)37(14-9-21-47-42(45)46)50-43(55)56-29-32-12-5-2-6-13-32/h1-6,10-13,15-20,25,28,37-38H,7-9,14,21-24,26-27,29H2,(H,48,54)(H,49,53)(H,50,55)(H4,45,46,47). The van der Waals surface area contributed by atoms with Gasteiger partial charge >= 0.3 is 6.09 Å². The lowest BCUT2D eigenvalue weighted by Gasteiger charge is -2.23. The predicted octanol–water partition coefficient (Wildman–Crippen LogP) is 5.65. The molecule has 3 amide bonds.